The van der Waals surface area contributed by atoms with Gasteiger partial charge in [0, 0.05) is 25.6 Å². The van der Waals surface area contributed by atoms with Gasteiger partial charge in [0.25, 0.3) is 0 Å². The van der Waals surface area contributed by atoms with Crippen molar-refractivity contribution in [2.45, 2.75) is 18.7 Å². The SMILES string of the molecule is CN(C)CC1CN(C(=O)OC(=O)C(F)(F)F)CCC1O. The van der Waals surface area contributed by atoms with Gasteiger partial charge in [0.2, 0.25) is 0 Å². The molecule has 1 rings (SSSR count). The van der Waals surface area contributed by atoms with Crippen molar-refractivity contribution in [1.82, 2.24) is 9.80 Å². The topological polar surface area (TPSA) is 70.1 Å². The molecule has 1 fully saturated rings. The molecule has 0 radical (unpaired) electrons. The van der Waals surface area contributed by atoms with Gasteiger partial charge in [-0.1, -0.05) is 0 Å². The maximum atomic E-state index is 12.0. The Labute approximate surface area is 114 Å². The second-order valence-corrected chi connectivity index (χ2v) is 4.98. The number of nitrogens with zero attached hydrogens (tertiary/aromatic N) is 2. The van der Waals surface area contributed by atoms with E-state index >= 15 is 0 Å². The number of halogens is 3. The van der Waals surface area contributed by atoms with Gasteiger partial charge in [0.15, 0.2) is 0 Å². The molecule has 2 unspecified atom stereocenters. The molecule has 0 saturated carbocycles. The fourth-order valence-corrected chi connectivity index (χ4v) is 2.04. The Balaban J connectivity index is 2.59. The van der Waals surface area contributed by atoms with Crippen molar-refractivity contribution in [3.63, 3.8) is 0 Å². The molecule has 116 valence electrons. The third-order valence-corrected chi connectivity index (χ3v) is 2.96. The monoisotopic (exact) mass is 298 g/mol. The number of ether oxygens (including phenoxy) is 1. The van der Waals surface area contributed by atoms with Crippen LogP contribution in [0.1, 0.15) is 6.42 Å². The molecule has 0 spiro atoms. The van der Waals surface area contributed by atoms with E-state index < -0.39 is 24.3 Å². The molecule has 1 aliphatic rings. The molecule has 20 heavy (non-hydrogen) atoms. The quantitative estimate of drug-likeness (QED) is 0.592. The van der Waals surface area contributed by atoms with E-state index in [-0.39, 0.29) is 25.4 Å². The van der Waals surface area contributed by atoms with Crippen molar-refractivity contribution < 1.29 is 32.6 Å². The normalized spacial score (nSPS) is 23.9. The number of carbonyl (C=O) groups is 2. The number of piperidine rings is 1. The van der Waals surface area contributed by atoms with Crippen molar-refractivity contribution in [2.24, 2.45) is 5.92 Å². The lowest BCUT2D eigenvalue weighted by Gasteiger charge is -2.36. The molecule has 1 saturated heterocycles. The Morgan fingerprint density at radius 2 is 2.00 bits per heavy atom. The number of alkyl halides is 3. The standard InChI is InChI=1S/C11H17F3N2O4/c1-15(2)5-7-6-16(4-3-8(7)17)10(19)20-9(18)11(12,13)14/h7-8,17H,3-6H2,1-2H3. The summed E-state index contributed by atoms with van der Waals surface area (Å²) in [4.78, 5) is 24.9. The van der Waals surface area contributed by atoms with Crippen LogP contribution in [0.3, 0.4) is 0 Å². The number of carbonyl (C=O) groups excluding carboxylic acids is 2. The van der Waals surface area contributed by atoms with Crippen LogP contribution in [0.15, 0.2) is 0 Å². The van der Waals surface area contributed by atoms with Gasteiger partial charge in [-0.15, -0.1) is 0 Å². The summed E-state index contributed by atoms with van der Waals surface area (Å²) in [6.45, 7) is 0.566. The van der Waals surface area contributed by atoms with Gasteiger partial charge in [-0.3, -0.25) is 0 Å². The predicted octanol–water partition coefficient (Wildman–Crippen LogP) is 0.456. The summed E-state index contributed by atoms with van der Waals surface area (Å²) in [5.74, 6) is -2.83. The van der Waals surface area contributed by atoms with Gasteiger partial charge in [0.1, 0.15) is 0 Å². The van der Waals surface area contributed by atoms with Crippen molar-refractivity contribution in [3.05, 3.63) is 0 Å². The average Bonchev–Trinajstić information content (AvgIpc) is 2.29. The molecule has 0 aromatic heterocycles. The first kappa shape index (κ1) is 16.7. The molecule has 1 heterocycles. The molecule has 0 aromatic rings. The number of rotatable bonds is 2. The fourth-order valence-electron chi connectivity index (χ4n) is 2.04. The third kappa shape index (κ3) is 4.64. The Bertz CT molecular complexity index is 373. The summed E-state index contributed by atoms with van der Waals surface area (Å²) in [6, 6.07) is 0. The molecule has 1 N–H and O–H groups in total. The van der Waals surface area contributed by atoms with E-state index in [9.17, 15) is 27.9 Å². The lowest BCUT2D eigenvalue weighted by molar-refractivity contribution is -0.194. The summed E-state index contributed by atoms with van der Waals surface area (Å²) in [6.07, 6.45) is -6.94. The summed E-state index contributed by atoms with van der Waals surface area (Å²) in [7, 11) is 3.55. The highest BCUT2D eigenvalue weighted by atomic mass is 19.4. The minimum absolute atomic E-state index is 0.0450. The first-order valence-electron chi connectivity index (χ1n) is 6.02. The van der Waals surface area contributed by atoms with Crippen LogP contribution in [0.25, 0.3) is 0 Å². The van der Waals surface area contributed by atoms with Gasteiger partial charge < -0.3 is 19.6 Å². The number of esters is 1. The minimum Gasteiger partial charge on any atom is -0.393 e. The van der Waals surface area contributed by atoms with E-state index in [1.54, 1.807) is 19.0 Å². The van der Waals surface area contributed by atoms with Gasteiger partial charge in [0.05, 0.1) is 6.10 Å². The predicted molar refractivity (Wildman–Crippen MR) is 61.8 cm³/mol. The molecule has 1 aliphatic heterocycles. The molecule has 0 bridgehead atoms. The van der Waals surface area contributed by atoms with Gasteiger partial charge >= 0.3 is 18.2 Å². The maximum Gasteiger partial charge on any atom is 0.491 e. The molecule has 9 heteroatoms. The lowest BCUT2D eigenvalue weighted by Crippen LogP contribution is -2.50. The lowest BCUT2D eigenvalue weighted by atomic mass is 9.94. The van der Waals surface area contributed by atoms with E-state index in [0.717, 1.165) is 4.90 Å². The van der Waals surface area contributed by atoms with E-state index in [1.165, 1.54) is 0 Å². The number of aliphatic hydroxyl groups excluding tert-OH is 1. The number of amides is 1. The highest BCUT2D eigenvalue weighted by Crippen LogP contribution is 2.21. The Morgan fingerprint density at radius 1 is 1.40 bits per heavy atom. The number of hydrogen-bond acceptors (Lipinski definition) is 5. The van der Waals surface area contributed by atoms with Crippen molar-refractivity contribution >= 4 is 12.1 Å². The zero-order chi connectivity index (χ0) is 15.5. The summed E-state index contributed by atoms with van der Waals surface area (Å²) < 4.78 is 39.8. The van der Waals surface area contributed by atoms with Crippen molar-refractivity contribution in [2.75, 3.05) is 33.7 Å². The first-order valence-corrected chi connectivity index (χ1v) is 6.02. The second-order valence-electron chi connectivity index (χ2n) is 4.98. The Kier molecular flexibility index (Phi) is 5.35. The Morgan fingerprint density at radius 3 is 2.50 bits per heavy atom. The maximum absolute atomic E-state index is 12.0. The average molecular weight is 298 g/mol. The van der Waals surface area contributed by atoms with Crippen molar-refractivity contribution in [3.8, 4) is 0 Å². The largest absolute Gasteiger partial charge is 0.491 e. The van der Waals surface area contributed by atoms with Crippen LogP contribution in [0, 0.1) is 5.92 Å². The zero-order valence-electron chi connectivity index (χ0n) is 11.2. The zero-order valence-corrected chi connectivity index (χ0v) is 11.2. The highest BCUT2D eigenvalue weighted by molar-refractivity contribution is 5.87. The van der Waals surface area contributed by atoms with Crippen LogP contribution in [0.4, 0.5) is 18.0 Å². The van der Waals surface area contributed by atoms with Crippen LogP contribution < -0.4 is 0 Å². The first-order chi connectivity index (χ1) is 9.11. The number of hydrogen-bond donors (Lipinski definition) is 1. The molecule has 6 nitrogen and oxygen atoms in total. The van der Waals surface area contributed by atoms with E-state index in [2.05, 4.69) is 4.74 Å². The molecule has 0 aromatic carbocycles. The van der Waals surface area contributed by atoms with Crippen LogP contribution in [-0.4, -0.2) is 73.0 Å². The summed E-state index contributed by atoms with van der Waals surface area (Å²) in [5, 5.41) is 9.78. The number of likely N-dealkylation sites (tertiary alicyclic amines) is 1. The minimum atomic E-state index is -5.20. The van der Waals surface area contributed by atoms with E-state index in [1.807, 2.05) is 0 Å². The summed E-state index contributed by atoms with van der Waals surface area (Å²) >= 11 is 0. The van der Waals surface area contributed by atoms with E-state index in [0.29, 0.717) is 6.54 Å². The van der Waals surface area contributed by atoms with Gasteiger partial charge in [-0.25, -0.2) is 9.59 Å². The van der Waals surface area contributed by atoms with Crippen LogP contribution in [0.2, 0.25) is 0 Å². The van der Waals surface area contributed by atoms with Gasteiger partial charge in [-0.2, -0.15) is 13.2 Å². The smallest absolute Gasteiger partial charge is 0.393 e. The van der Waals surface area contributed by atoms with E-state index in [4.69, 9.17) is 0 Å². The van der Waals surface area contributed by atoms with Crippen LogP contribution in [0.5, 0.6) is 0 Å². The Hall–Kier alpha value is -1.35. The molecule has 2 atom stereocenters. The molecular formula is C11H17F3N2O4. The molecule has 1 amide bonds. The fraction of sp³-hybridized carbons (Fsp3) is 0.818. The van der Waals surface area contributed by atoms with Gasteiger partial charge in [-0.05, 0) is 20.5 Å². The third-order valence-electron chi connectivity index (χ3n) is 2.96. The number of aliphatic hydroxyl groups is 1. The van der Waals surface area contributed by atoms with Crippen molar-refractivity contribution in [1.29, 1.82) is 0 Å². The second kappa shape index (κ2) is 6.40. The van der Waals surface area contributed by atoms with Crippen LogP contribution >= 0.6 is 0 Å². The molecular weight excluding hydrogens is 281 g/mol. The molecule has 0 aliphatic carbocycles. The van der Waals surface area contributed by atoms with Crippen LogP contribution in [-0.2, 0) is 9.53 Å². The highest BCUT2D eigenvalue weighted by Gasteiger charge is 2.43. The summed E-state index contributed by atoms with van der Waals surface area (Å²) in [5.41, 5.74) is 0.